The fourth-order valence-electron chi connectivity index (χ4n) is 1.27. The van der Waals surface area contributed by atoms with Crippen LogP contribution in [0.5, 0.6) is 5.75 Å². The van der Waals surface area contributed by atoms with Crippen molar-refractivity contribution in [3.63, 3.8) is 0 Å². The van der Waals surface area contributed by atoms with Gasteiger partial charge in [-0.05, 0) is 45.4 Å². The van der Waals surface area contributed by atoms with Crippen molar-refractivity contribution in [3.05, 3.63) is 29.6 Å². The lowest BCUT2D eigenvalue weighted by Gasteiger charge is -2.16. The van der Waals surface area contributed by atoms with Gasteiger partial charge in [-0.25, -0.2) is 9.18 Å². The molecule has 1 aromatic rings. The van der Waals surface area contributed by atoms with E-state index in [0.29, 0.717) is 5.75 Å². The molecule has 0 aliphatic rings. The van der Waals surface area contributed by atoms with Gasteiger partial charge in [0, 0.05) is 12.1 Å². The second-order valence-corrected chi connectivity index (χ2v) is 5.25. The molecule has 0 spiro atoms. The highest BCUT2D eigenvalue weighted by atomic mass is 19.1. The van der Waals surface area contributed by atoms with Gasteiger partial charge in [-0.1, -0.05) is 0 Å². The third-order valence-electron chi connectivity index (χ3n) is 2.06. The standard InChI is InChI=1S/C9H12FNO.C5H11NO2/c1-6(11)7-3-8(10)5-9(4-7)12-2;1-5(2,3)8-4(6)7/h3-6H,11H2,1-2H3;1-3H3,(H2,6,7). The first-order chi connectivity index (χ1) is 9.05. The fraction of sp³-hybridized carbons (Fsp3) is 0.500. The summed E-state index contributed by atoms with van der Waals surface area (Å²) in [6.07, 6.45) is -0.725. The van der Waals surface area contributed by atoms with Crippen molar-refractivity contribution in [1.82, 2.24) is 0 Å². The summed E-state index contributed by atoms with van der Waals surface area (Å²) < 4.78 is 22.3. The highest BCUT2D eigenvalue weighted by Gasteiger charge is 2.12. The summed E-state index contributed by atoms with van der Waals surface area (Å²) in [6.45, 7) is 7.08. The van der Waals surface area contributed by atoms with Crippen LogP contribution in [0.3, 0.4) is 0 Å². The quantitative estimate of drug-likeness (QED) is 0.875. The minimum absolute atomic E-state index is 0.172. The Morgan fingerprint density at radius 1 is 1.30 bits per heavy atom. The van der Waals surface area contributed by atoms with Crippen LogP contribution in [0.2, 0.25) is 0 Å². The lowest BCUT2D eigenvalue weighted by molar-refractivity contribution is 0.0600. The molecule has 6 heteroatoms. The Labute approximate surface area is 119 Å². The zero-order valence-electron chi connectivity index (χ0n) is 12.6. The monoisotopic (exact) mass is 286 g/mol. The summed E-state index contributed by atoms with van der Waals surface area (Å²) in [5.41, 5.74) is 10.6. The van der Waals surface area contributed by atoms with E-state index in [0.717, 1.165) is 5.56 Å². The molecule has 1 atom stereocenters. The van der Waals surface area contributed by atoms with Crippen molar-refractivity contribution in [2.75, 3.05) is 7.11 Å². The van der Waals surface area contributed by atoms with Gasteiger partial charge in [-0.15, -0.1) is 0 Å². The Balaban J connectivity index is 0.000000396. The van der Waals surface area contributed by atoms with Gasteiger partial charge in [0.05, 0.1) is 7.11 Å². The summed E-state index contributed by atoms with van der Waals surface area (Å²) in [5, 5.41) is 0. The van der Waals surface area contributed by atoms with Gasteiger partial charge < -0.3 is 20.9 Å². The predicted molar refractivity (Wildman–Crippen MR) is 76.0 cm³/mol. The van der Waals surface area contributed by atoms with Crippen LogP contribution in [0.1, 0.15) is 39.3 Å². The maximum Gasteiger partial charge on any atom is 0.405 e. The molecule has 1 rings (SSSR count). The molecule has 0 aromatic heterocycles. The minimum atomic E-state index is -0.725. The van der Waals surface area contributed by atoms with E-state index in [-0.39, 0.29) is 11.9 Å². The topological polar surface area (TPSA) is 87.6 Å². The SMILES string of the molecule is CC(C)(C)OC(N)=O.COc1cc(F)cc(C(C)N)c1. The van der Waals surface area contributed by atoms with Crippen LogP contribution < -0.4 is 16.2 Å². The summed E-state index contributed by atoms with van der Waals surface area (Å²) in [6, 6.07) is 4.29. The number of benzene rings is 1. The minimum Gasteiger partial charge on any atom is -0.497 e. The van der Waals surface area contributed by atoms with E-state index in [1.165, 1.54) is 19.2 Å². The normalized spacial score (nSPS) is 11.9. The Bertz CT molecular complexity index is 443. The number of carbonyl (C=O) groups is 1. The molecule has 0 aliphatic carbocycles. The summed E-state index contributed by atoms with van der Waals surface area (Å²) in [7, 11) is 1.50. The number of halogens is 1. The van der Waals surface area contributed by atoms with Crippen LogP contribution in [0.4, 0.5) is 9.18 Å². The van der Waals surface area contributed by atoms with Crippen LogP contribution in [-0.4, -0.2) is 18.8 Å². The largest absolute Gasteiger partial charge is 0.497 e. The van der Waals surface area contributed by atoms with Gasteiger partial charge in [0.15, 0.2) is 0 Å². The number of primary amides is 1. The van der Waals surface area contributed by atoms with Gasteiger partial charge in [-0.3, -0.25) is 0 Å². The highest BCUT2D eigenvalue weighted by molar-refractivity contribution is 5.65. The molecule has 4 N–H and O–H groups in total. The maximum atomic E-state index is 12.8. The van der Waals surface area contributed by atoms with Crippen LogP contribution in [0.15, 0.2) is 18.2 Å². The molecule has 0 saturated carbocycles. The van der Waals surface area contributed by atoms with E-state index in [2.05, 4.69) is 4.74 Å². The van der Waals surface area contributed by atoms with Gasteiger partial charge in [0.2, 0.25) is 0 Å². The van der Waals surface area contributed by atoms with Crippen LogP contribution in [0.25, 0.3) is 0 Å². The first kappa shape index (κ1) is 18.2. The predicted octanol–water partition coefficient (Wildman–Crippen LogP) is 2.73. The number of ether oxygens (including phenoxy) is 2. The van der Waals surface area contributed by atoms with E-state index in [9.17, 15) is 9.18 Å². The lowest BCUT2D eigenvalue weighted by Crippen LogP contribution is -2.27. The Morgan fingerprint density at radius 3 is 2.15 bits per heavy atom. The Kier molecular flexibility index (Phi) is 6.99. The van der Waals surface area contributed by atoms with Crippen molar-refractivity contribution in [1.29, 1.82) is 0 Å². The van der Waals surface area contributed by atoms with Crippen LogP contribution in [-0.2, 0) is 4.74 Å². The summed E-state index contributed by atoms with van der Waals surface area (Å²) in [4.78, 5) is 10.0. The highest BCUT2D eigenvalue weighted by Crippen LogP contribution is 2.19. The number of hydrogen-bond acceptors (Lipinski definition) is 4. The van der Waals surface area contributed by atoms with E-state index in [1.54, 1.807) is 33.8 Å². The van der Waals surface area contributed by atoms with Crippen LogP contribution in [0, 0.1) is 5.82 Å². The zero-order chi connectivity index (χ0) is 15.9. The Hall–Kier alpha value is -1.82. The number of nitrogens with two attached hydrogens (primary N) is 2. The summed E-state index contributed by atoms with van der Waals surface area (Å²) >= 11 is 0. The maximum absolute atomic E-state index is 12.8. The Morgan fingerprint density at radius 2 is 1.85 bits per heavy atom. The molecule has 114 valence electrons. The molecule has 0 radical (unpaired) electrons. The third-order valence-corrected chi connectivity index (χ3v) is 2.06. The smallest absolute Gasteiger partial charge is 0.405 e. The molecule has 0 bridgehead atoms. The van der Waals surface area contributed by atoms with Gasteiger partial charge in [0.1, 0.15) is 17.2 Å². The molecule has 1 unspecified atom stereocenters. The van der Waals surface area contributed by atoms with Crippen molar-refractivity contribution < 1.29 is 18.7 Å². The molecule has 0 aliphatic heterocycles. The van der Waals surface area contributed by atoms with Gasteiger partial charge in [-0.2, -0.15) is 0 Å². The van der Waals surface area contributed by atoms with Gasteiger partial charge in [0.25, 0.3) is 0 Å². The first-order valence-electron chi connectivity index (χ1n) is 6.13. The number of methoxy groups -OCH3 is 1. The third kappa shape index (κ3) is 8.31. The molecule has 1 aromatic carbocycles. The van der Waals surface area contributed by atoms with E-state index in [1.807, 2.05) is 0 Å². The van der Waals surface area contributed by atoms with Crippen molar-refractivity contribution >= 4 is 6.09 Å². The van der Waals surface area contributed by atoms with Crippen LogP contribution >= 0.6 is 0 Å². The number of carbonyl (C=O) groups excluding carboxylic acids is 1. The second kappa shape index (κ2) is 7.69. The lowest BCUT2D eigenvalue weighted by atomic mass is 10.1. The molecular weight excluding hydrogens is 263 g/mol. The van der Waals surface area contributed by atoms with E-state index >= 15 is 0 Å². The molecular formula is C14H23FN2O3. The molecule has 0 fully saturated rings. The van der Waals surface area contributed by atoms with Crippen molar-refractivity contribution in [3.8, 4) is 5.75 Å². The average Bonchev–Trinajstić information content (AvgIpc) is 2.25. The first-order valence-corrected chi connectivity index (χ1v) is 6.13. The molecule has 20 heavy (non-hydrogen) atoms. The molecule has 0 saturated heterocycles. The van der Waals surface area contributed by atoms with E-state index < -0.39 is 11.7 Å². The van der Waals surface area contributed by atoms with E-state index in [4.69, 9.17) is 16.2 Å². The summed E-state index contributed by atoms with van der Waals surface area (Å²) in [5.74, 6) is 0.184. The molecule has 0 heterocycles. The fourth-order valence-corrected chi connectivity index (χ4v) is 1.27. The van der Waals surface area contributed by atoms with Crippen molar-refractivity contribution in [2.24, 2.45) is 11.5 Å². The zero-order valence-corrected chi connectivity index (χ0v) is 12.6. The van der Waals surface area contributed by atoms with Crippen molar-refractivity contribution in [2.45, 2.75) is 39.3 Å². The second-order valence-electron chi connectivity index (χ2n) is 5.25. The molecule has 1 amide bonds. The molecule has 5 nitrogen and oxygen atoms in total. The van der Waals surface area contributed by atoms with Gasteiger partial charge >= 0.3 is 6.09 Å². The number of amides is 1. The number of hydrogen-bond donors (Lipinski definition) is 2. The number of rotatable bonds is 2. The average molecular weight is 286 g/mol.